The molecule has 0 aliphatic carbocycles. The highest BCUT2D eigenvalue weighted by atomic mass is 35.5. The monoisotopic (exact) mass is 277 g/mol. The van der Waals surface area contributed by atoms with E-state index in [1.807, 2.05) is 30.3 Å². The molecular formula is C15H16ClNO2. The van der Waals surface area contributed by atoms with Crippen LogP contribution in [0.4, 0.5) is 0 Å². The highest BCUT2D eigenvalue weighted by Crippen LogP contribution is 2.24. The highest BCUT2D eigenvalue weighted by molar-refractivity contribution is 6.30. The fraction of sp³-hybridized carbons (Fsp3) is 0.200. The molecule has 19 heavy (non-hydrogen) atoms. The number of benzene rings is 2. The summed E-state index contributed by atoms with van der Waals surface area (Å²) in [5, 5.41) is 0.697. The molecule has 0 heterocycles. The van der Waals surface area contributed by atoms with Crippen LogP contribution in [0.15, 0.2) is 48.5 Å². The second kappa shape index (κ2) is 7.14. The minimum atomic E-state index is 0.558. The number of nitrogens with two attached hydrogens (primary N) is 1. The Morgan fingerprint density at radius 3 is 2.53 bits per heavy atom. The number of halogens is 1. The molecule has 100 valence electrons. The van der Waals surface area contributed by atoms with Crippen LogP contribution in [0.3, 0.4) is 0 Å². The Balaban J connectivity index is 2.00. The van der Waals surface area contributed by atoms with Gasteiger partial charge >= 0.3 is 0 Å². The van der Waals surface area contributed by atoms with E-state index in [9.17, 15) is 0 Å². The summed E-state index contributed by atoms with van der Waals surface area (Å²) in [5.41, 5.74) is 1.20. The van der Waals surface area contributed by atoms with Crippen molar-refractivity contribution < 1.29 is 9.57 Å². The quantitative estimate of drug-likeness (QED) is 0.642. The lowest BCUT2D eigenvalue weighted by Gasteiger charge is -2.07. The molecule has 2 aromatic carbocycles. The van der Waals surface area contributed by atoms with Crippen molar-refractivity contribution in [1.29, 1.82) is 0 Å². The third-order valence-electron chi connectivity index (χ3n) is 2.68. The van der Waals surface area contributed by atoms with Crippen LogP contribution < -0.4 is 10.6 Å². The van der Waals surface area contributed by atoms with Gasteiger partial charge in [0.2, 0.25) is 0 Å². The average Bonchev–Trinajstić information content (AvgIpc) is 2.42. The number of hydrogen-bond donors (Lipinski definition) is 1. The van der Waals surface area contributed by atoms with Gasteiger partial charge in [-0.1, -0.05) is 23.7 Å². The number of ether oxygens (including phenoxy) is 1. The van der Waals surface area contributed by atoms with Gasteiger partial charge in [-0.05, 0) is 54.8 Å². The predicted molar refractivity (Wildman–Crippen MR) is 76.4 cm³/mol. The topological polar surface area (TPSA) is 44.5 Å². The maximum absolute atomic E-state index is 5.83. The minimum Gasteiger partial charge on any atom is -0.457 e. The summed E-state index contributed by atoms with van der Waals surface area (Å²) in [5.74, 6) is 6.59. The standard InChI is InChI=1S/C15H16ClNO2/c16-13-6-8-14(9-7-13)19-15-5-1-3-12(11-15)4-2-10-18-17/h1,3,5-9,11H,2,4,10,17H2. The molecule has 3 nitrogen and oxygen atoms in total. The van der Waals surface area contributed by atoms with Gasteiger partial charge in [0.25, 0.3) is 0 Å². The Morgan fingerprint density at radius 2 is 1.79 bits per heavy atom. The molecule has 0 bridgehead atoms. The van der Waals surface area contributed by atoms with Gasteiger partial charge in [-0.2, -0.15) is 0 Å². The van der Waals surface area contributed by atoms with Crippen LogP contribution in [0.5, 0.6) is 11.5 Å². The lowest BCUT2D eigenvalue weighted by atomic mass is 10.1. The van der Waals surface area contributed by atoms with E-state index in [2.05, 4.69) is 10.9 Å². The van der Waals surface area contributed by atoms with E-state index < -0.39 is 0 Å². The zero-order valence-electron chi connectivity index (χ0n) is 10.5. The van der Waals surface area contributed by atoms with Gasteiger partial charge < -0.3 is 9.57 Å². The zero-order valence-corrected chi connectivity index (χ0v) is 11.3. The van der Waals surface area contributed by atoms with E-state index in [0.717, 1.165) is 24.3 Å². The Kier molecular flexibility index (Phi) is 5.21. The van der Waals surface area contributed by atoms with E-state index in [1.165, 1.54) is 5.56 Å². The summed E-state index contributed by atoms with van der Waals surface area (Å²) in [6.07, 6.45) is 1.80. The van der Waals surface area contributed by atoms with Crippen LogP contribution in [0.25, 0.3) is 0 Å². The van der Waals surface area contributed by atoms with Crippen LogP contribution >= 0.6 is 11.6 Å². The fourth-order valence-corrected chi connectivity index (χ4v) is 1.89. The van der Waals surface area contributed by atoms with Crippen LogP contribution in [0.2, 0.25) is 5.02 Å². The first-order chi connectivity index (χ1) is 9.28. The van der Waals surface area contributed by atoms with Gasteiger partial charge in [0.05, 0.1) is 6.61 Å². The first-order valence-corrected chi connectivity index (χ1v) is 6.50. The van der Waals surface area contributed by atoms with Crippen LogP contribution in [-0.2, 0) is 11.3 Å². The summed E-state index contributed by atoms with van der Waals surface area (Å²) < 4.78 is 5.77. The van der Waals surface area contributed by atoms with Gasteiger partial charge in [-0.15, -0.1) is 0 Å². The molecule has 0 unspecified atom stereocenters. The highest BCUT2D eigenvalue weighted by Gasteiger charge is 2.00. The van der Waals surface area contributed by atoms with Crippen molar-refractivity contribution in [2.75, 3.05) is 6.61 Å². The zero-order chi connectivity index (χ0) is 13.5. The normalized spacial score (nSPS) is 10.4. The summed E-state index contributed by atoms with van der Waals surface area (Å²) in [6.45, 7) is 0.558. The molecule has 2 N–H and O–H groups in total. The largest absolute Gasteiger partial charge is 0.457 e. The fourth-order valence-electron chi connectivity index (χ4n) is 1.76. The van der Waals surface area contributed by atoms with E-state index in [0.29, 0.717) is 11.6 Å². The number of rotatable bonds is 6. The summed E-state index contributed by atoms with van der Waals surface area (Å²) in [6, 6.07) is 15.3. The molecule has 0 aromatic heterocycles. The number of hydrogen-bond acceptors (Lipinski definition) is 3. The van der Waals surface area contributed by atoms with Crippen molar-refractivity contribution in [3.05, 3.63) is 59.1 Å². The molecule has 2 rings (SSSR count). The average molecular weight is 278 g/mol. The van der Waals surface area contributed by atoms with E-state index in [-0.39, 0.29) is 0 Å². The van der Waals surface area contributed by atoms with E-state index >= 15 is 0 Å². The second-order valence-corrected chi connectivity index (χ2v) is 4.61. The van der Waals surface area contributed by atoms with Crippen LogP contribution in [-0.4, -0.2) is 6.61 Å². The molecule has 0 saturated heterocycles. The van der Waals surface area contributed by atoms with Crippen molar-refractivity contribution in [2.45, 2.75) is 12.8 Å². The smallest absolute Gasteiger partial charge is 0.127 e. The second-order valence-electron chi connectivity index (χ2n) is 4.18. The summed E-state index contributed by atoms with van der Waals surface area (Å²) in [4.78, 5) is 4.56. The lowest BCUT2D eigenvalue weighted by molar-refractivity contribution is 0.135. The van der Waals surface area contributed by atoms with Gasteiger partial charge in [-0.3, -0.25) is 0 Å². The predicted octanol–water partition coefficient (Wildman–Crippen LogP) is 3.96. The maximum atomic E-state index is 5.83. The third-order valence-corrected chi connectivity index (χ3v) is 2.93. The van der Waals surface area contributed by atoms with Crippen molar-refractivity contribution >= 4 is 11.6 Å². The number of aryl methyl sites for hydroxylation is 1. The Hall–Kier alpha value is -1.55. The van der Waals surface area contributed by atoms with Crippen LogP contribution in [0, 0.1) is 0 Å². The minimum absolute atomic E-state index is 0.558. The summed E-state index contributed by atoms with van der Waals surface area (Å²) >= 11 is 5.83. The molecule has 0 fully saturated rings. The van der Waals surface area contributed by atoms with Gasteiger partial charge in [0, 0.05) is 5.02 Å². The molecule has 0 aliphatic rings. The maximum Gasteiger partial charge on any atom is 0.127 e. The molecule has 0 saturated carbocycles. The van der Waals surface area contributed by atoms with Gasteiger partial charge in [0.15, 0.2) is 0 Å². The van der Waals surface area contributed by atoms with Gasteiger partial charge in [-0.25, -0.2) is 5.90 Å². The Labute approximate surface area is 117 Å². The van der Waals surface area contributed by atoms with E-state index in [4.69, 9.17) is 22.2 Å². The SMILES string of the molecule is NOCCCc1cccc(Oc2ccc(Cl)cc2)c1. The Morgan fingerprint density at radius 1 is 1.00 bits per heavy atom. The first kappa shape index (κ1) is 13.9. The third kappa shape index (κ3) is 4.56. The molecule has 0 amide bonds. The van der Waals surface area contributed by atoms with Crippen molar-refractivity contribution in [1.82, 2.24) is 0 Å². The van der Waals surface area contributed by atoms with Crippen LogP contribution in [0.1, 0.15) is 12.0 Å². The molecule has 0 atom stereocenters. The van der Waals surface area contributed by atoms with E-state index in [1.54, 1.807) is 12.1 Å². The Bertz CT molecular complexity index is 514. The molecular weight excluding hydrogens is 262 g/mol. The summed E-state index contributed by atoms with van der Waals surface area (Å²) in [7, 11) is 0. The van der Waals surface area contributed by atoms with Crippen molar-refractivity contribution in [2.24, 2.45) is 5.90 Å². The van der Waals surface area contributed by atoms with Crippen molar-refractivity contribution in [3.8, 4) is 11.5 Å². The first-order valence-electron chi connectivity index (χ1n) is 6.12. The molecule has 0 aliphatic heterocycles. The molecule has 0 radical (unpaired) electrons. The van der Waals surface area contributed by atoms with Gasteiger partial charge in [0.1, 0.15) is 11.5 Å². The lowest BCUT2D eigenvalue weighted by Crippen LogP contribution is -2.01. The van der Waals surface area contributed by atoms with Crippen molar-refractivity contribution in [3.63, 3.8) is 0 Å². The molecule has 0 spiro atoms. The molecule has 4 heteroatoms. The molecule has 2 aromatic rings.